The molecule has 126 valence electrons. The Morgan fingerprint density at radius 2 is 1.92 bits per heavy atom. The second kappa shape index (κ2) is 7.42. The lowest BCUT2D eigenvalue weighted by molar-refractivity contribution is -0.138. The molecule has 0 saturated heterocycles. The molecule has 8 nitrogen and oxygen atoms in total. The normalized spacial score (nSPS) is 10.6. The Balaban J connectivity index is 1.97. The summed E-state index contributed by atoms with van der Waals surface area (Å²) in [6, 6.07) is 9.25. The van der Waals surface area contributed by atoms with Crippen molar-refractivity contribution in [3.05, 3.63) is 53.5 Å². The van der Waals surface area contributed by atoms with Gasteiger partial charge in [-0.1, -0.05) is 0 Å². The maximum Gasteiger partial charge on any atom is 0.379 e. The summed E-state index contributed by atoms with van der Waals surface area (Å²) >= 11 is 0. The molecule has 8 heteroatoms. The van der Waals surface area contributed by atoms with Gasteiger partial charge in [0.1, 0.15) is 17.3 Å². The fourth-order valence-electron chi connectivity index (χ4n) is 1.99. The number of nitrogens with zero attached hydrogens (tertiary/aromatic N) is 1. The highest BCUT2D eigenvalue weighted by molar-refractivity contribution is 5.95. The van der Waals surface area contributed by atoms with Crippen molar-refractivity contribution in [3.63, 3.8) is 0 Å². The zero-order valence-corrected chi connectivity index (χ0v) is 13.0. The molecule has 0 radical (unpaired) electrons. The van der Waals surface area contributed by atoms with Crippen LogP contribution >= 0.6 is 0 Å². The van der Waals surface area contributed by atoms with Gasteiger partial charge in [-0.3, -0.25) is 15.1 Å². The highest BCUT2D eigenvalue weighted by atomic mass is 16.5. The van der Waals surface area contributed by atoms with Crippen LogP contribution in [-0.4, -0.2) is 41.4 Å². The van der Waals surface area contributed by atoms with E-state index in [2.05, 4.69) is 0 Å². The van der Waals surface area contributed by atoms with Crippen molar-refractivity contribution in [2.75, 3.05) is 13.6 Å². The third kappa shape index (κ3) is 4.68. The number of carboxylic acids is 1. The number of amidine groups is 1. The summed E-state index contributed by atoms with van der Waals surface area (Å²) in [5.74, 6) is -0.919. The zero-order chi connectivity index (χ0) is 17.7. The average molecular weight is 331 g/mol. The van der Waals surface area contributed by atoms with Crippen LogP contribution in [0.2, 0.25) is 0 Å². The van der Waals surface area contributed by atoms with Crippen molar-refractivity contribution in [2.45, 2.75) is 6.54 Å². The highest BCUT2D eigenvalue weighted by Crippen LogP contribution is 2.16. The molecule has 2 rings (SSSR count). The van der Waals surface area contributed by atoms with E-state index in [9.17, 15) is 9.59 Å². The Hall–Kier alpha value is -3.13. The van der Waals surface area contributed by atoms with Crippen LogP contribution < -0.4 is 10.5 Å². The lowest BCUT2D eigenvalue weighted by Gasteiger charge is -2.11. The number of hydrogen-bond donors (Lipinski definition) is 3. The Kier molecular flexibility index (Phi) is 5.33. The van der Waals surface area contributed by atoms with Crippen LogP contribution in [0.5, 0.6) is 5.75 Å². The minimum absolute atomic E-state index is 0.0179. The topological polar surface area (TPSA) is 130 Å². The van der Waals surface area contributed by atoms with Crippen LogP contribution in [0.1, 0.15) is 21.9 Å². The Bertz CT molecular complexity index is 751. The number of rotatable bonds is 7. The molecule has 0 saturated carbocycles. The summed E-state index contributed by atoms with van der Waals surface area (Å²) in [4.78, 5) is 24.2. The van der Waals surface area contributed by atoms with Gasteiger partial charge in [-0.2, -0.15) is 0 Å². The van der Waals surface area contributed by atoms with Gasteiger partial charge < -0.3 is 20.0 Å². The van der Waals surface area contributed by atoms with Crippen LogP contribution in [0, 0.1) is 5.41 Å². The second-order valence-corrected chi connectivity index (χ2v) is 5.16. The number of nitrogens with two attached hydrogens (primary N) is 1. The molecule has 0 aliphatic heterocycles. The second-order valence-electron chi connectivity index (χ2n) is 5.16. The van der Waals surface area contributed by atoms with Crippen molar-refractivity contribution >= 4 is 17.8 Å². The molecule has 0 fully saturated rings. The molecule has 0 amide bonds. The molecular formula is C16H17N3O5. The minimum Gasteiger partial charge on any atom is -0.480 e. The predicted octanol–water partition coefficient (Wildman–Crippen LogP) is 1.30. The van der Waals surface area contributed by atoms with Gasteiger partial charge in [0.25, 0.3) is 0 Å². The quantitative estimate of drug-likeness (QED) is 0.302. The average Bonchev–Trinajstić information content (AvgIpc) is 2.95. The van der Waals surface area contributed by atoms with E-state index >= 15 is 0 Å². The number of ether oxygens (including phenoxy) is 1. The van der Waals surface area contributed by atoms with Crippen LogP contribution in [0.25, 0.3) is 0 Å². The lowest BCUT2D eigenvalue weighted by Crippen LogP contribution is -2.24. The molecule has 0 bridgehead atoms. The predicted molar refractivity (Wildman–Crippen MR) is 85.1 cm³/mol. The van der Waals surface area contributed by atoms with Crippen molar-refractivity contribution in [1.29, 1.82) is 5.41 Å². The van der Waals surface area contributed by atoms with Gasteiger partial charge in [0.15, 0.2) is 0 Å². The first-order chi connectivity index (χ1) is 11.3. The molecule has 4 N–H and O–H groups in total. The first-order valence-electron chi connectivity index (χ1n) is 7.01. The standard InChI is InChI=1S/C16H17N3O5/c1-19(9-14(20)21)8-12-6-7-13(23-12)16(22)24-11-4-2-10(3-5-11)15(17)18/h2-7H,8-9H2,1H3,(H3,17,18)(H,20,21). The number of benzene rings is 1. The number of carbonyl (C=O) groups is 2. The molecular weight excluding hydrogens is 314 g/mol. The number of hydrogen-bond acceptors (Lipinski definition) is 6. The number of likely N-dealkylation sites (N-methyl/N-ethyl adjacent to an activating group) is 1. The molecule has 1 aromatic heterocycles. The van der Waals surface area contributed by atoms with Crippen LogP contribution in [-0.2, 0) is 11.3 Å². The van der Waals surface area contributed by atoms with Gasteiger partial charge in [0.2, 0.25) is 5.76 Å². The van der Waals surface area contributed by atoms with E-state index < -0.39 is 11.9 Å². The smallest absolute Gasteiger partial charge is 0.379 e. The number of esters is 1. The molecule has 2 aromatic rings. The summed E-state index contributed by atoms with van der Waals surface area (Å²) in [5, 5.41) is 16.0. The molecule has 0 unspecified atom stereocenters. The Morgan fingerprint density at radius 1 is 1.25 bits per heavy atom. The van der Waals surface area contributed by atoms with E-state index in [0.717, 1.165) is 0 Å². The van der Waals surface area contributed by atoms with E-state index in [4.69, 9.17) is 25.4 Å². The van der Waals surface area contributed by atoms with E-state index in [1.54, 1.807) is 25.2 Å². The van der Waals surface area contributed by atoms with Gasteiger partial charge in [-0.05, 0) is 43.4 Å². The molecule has 1 aromatic carbocycles. The Labute approximate surface area is 137 Å². The van der Waals surface area contributed by atoms with Gasteiger partial charge in [-0.15, -0.1) is 0 Å². The monoisotopic (exact) mass is 331 g/mol. The summed E-state index contributed by atoms with van der Waals surface area (Å²) < 4.78 is 10.5. The van der Waals surface area contributed by atoms with E-state index in [-0.39, 0.29) is 24.7 Å². The summed E-state index contributed by atoms with van der Waals surface area (Å²) in [6.45, 7) is 0.121. The first-order valence-corrected chi connectivity index (χ1v) is 7.01. The maximum atomic E-state index is 12.0. The number of carbonyl (C=O) groups excluding carboxylic acids is 1. The summed E-state index contributed by atoms with van der Waals surface area (Å²) in [6.07, 6.45) is 0. The van der Waals surface area contributed by atoms with Crippen molar-refractivity contribution in [1.82, 2.24) is 4.90 Å². The summed E-state index contributed by atoms with van der Waals surface area (Å²) in [5.41, 5.74) is 5.87. The molecule has 1 heterocycles. The number of nitrogens with one attached hydrogen (secondary N) is 1. The fraction of sp³-hybridized carbons (Fsp3) is 0.188. The lowest BCUT2D eigenvalue weighted by atomic mass is 10.2. The van der Waals surface area contributed by atoms with Crippen molar-refractivity contribution in [2.24, 2.45) is 5.73 Å². The van der Waals surface area contributed by atoms with E-state index in [1.807, 2.05) is 0 Å². The number of nitrogen functional groups attached to an aromatic ring is 1. The van der Waals surface area contributed by atoms with E-state index in [1.165, 1.54) is 23.1 Å². The van der Waals surface area contributed by atoms with Gasteiger partial charge in [-0.25, -0.2) is 4.79 Å². The number of aliphatic carboxylic acids is 1. The molecule has 24 heavy (non-hydrogen) atoms. The van der Waals surface area contributed by atoms with Gasteiger partial charge in [0, 0.05) is 5.56 Å². The van der Waals surface area contributed by atoms with Gasteiger partial charge in [0.05, 0.1) is 13.1 Å². The molecule has 0 aliphatic carbocycles. The SMILES string of the molecule is CN(CC(=O)O)Cc1ccc(C(=O)Oc2ccc(C(=N)N)cc2)o1. The van der Waals surface area contributed by atoms with Crippen molar-refractivity contribution < 1.29 is 23.8 Å². The third-order valence-electron chi connectivity index (χ3n) is 3.07. The Morgan fingerprint density at radius 3 is 2.50 bits per heavy atom. The fourth-order valence-corrected chi connectivity index (χ4v) is 1.99. The van der Waals surface area contributed by atoms with Crippen LogP contribution in [0.4, 0.5) is 0 Å². The van der Waals surface area contributed by atoms with Crippen LogP contribution in [0.15, 0.2) is 40.8 Å². The zero-order valence-electron chi connectivity index (χ0n) is 13.0. The van der Waals surface area contributed by atoms with Crippen LogP contribution in [0.3, 0.4) is 0 Å². The number of carboxylic acid groups (broad SMARTS) is 1. The number of furan rings is 1. The minimum atomic E-state index is -0.947. The van der Waals surface area contributed by atoms with Gasteiger partial charge >= 0.3 is 11.9 Å². The van der Waals surface area contributed by atoms with Crippen molar-refractivity contribution in [3.8, 4) is 5.75 Å². The maximum absolute atomic E-state index is 12.0. The molecule has 0 aliphatic rings. The molecule has 0 atom stereocenters. The van der Waals surface area contributed by atoms with E-state index in [0.29, 0.717) is 17.1 Å². The highest BCUT2D eigenvalue weighted by Gasteiger charge is 2.15. The molecule has 0 spiro atoms. The third-order valence-corrected chi connectivity index (χ3v) is 3.07. The first kappa shape index (κ1) is 17.2. The largest absolute Gasteiger partial charge is 0.480 e. The summed E-state index contributed by atoms with van der Waals surface area (Å²) in [7, 11) is 1.63.